The number of thiazole rings is 1. The van der Waals surface area contributed by atoms with Gasteiger partial charge in [0.15, 0.2) is 14.6 Å². The number of furan rings is 1. The molecule has 0 unspecified atom stereocenters. The highest BCUT2D eigenvalue weighted by atomic mass is 32.2. The number of hydrogen-bond donors (Lipinski definition) is 1. The van der Waals surface area contributed by atoms with Crippen molar-refractivity contribution in [3.63, 3.8) is 0 Å². The van der Waals surface area contributed by atoms with Crippen molar-refractivity contribution in [3.8, 4) is 0 Å². The summed E-state index contributed by atoms with van der Waals surface area (Å²) in [4.78, 5) is 22.0. The second-order valence-corrected chi connectivity index (χ2v) is 9.79. The maximum absolute atomic E-state index is 12.3. The number of thioether (sulfide) groups is 1. The van der Waals surface area contributed by atoms with Crippen molar-refractivity contribution in [2.24, 2.45) is 4.99 Å². The molecule has 1 saturated heterocycles. The monoisotopic (exact) mass is 449 g/mol. The van der Waals surface area contributed by atoms with Gasteiger partial charge in [-0.3, -0.25) is 4.79 Å². The lowest BCUT2D eigenvalue weighted by Crippen LogP contribution is -2.19. The lowest BCUT2D eigenvalue weighted by molar-refractivity contribution is -0.115. The largest absolute Gasteiger partial charge is 0.450 e. The van der Waals surface area contributed by atoms with Crippen LogP contribution in [0.3, 0.4) is 0 Å². The Hall–Kier alpha value is -2.81. The van der Waals surface area contributed by atoms with E-state index in [1.165, 1.54) is 23.5 Å². The predicted molar refractivity (Wildman–Crippen MR) is 124 cm³/mol. The second kappa shape index (κ2) is 8.14. The van der Waals surface area contributed by atoms with Gasteiger partial charge in [0.25, 0.3) is 5.91 Å². The van der Waals surface area contributed by atoms with E-state index < -0.39 is 0 Å². The number of benzene rings is 2. The minimum Gasteiger partial charge on any atom is -0.450 e. The zero-order chi connectivity index (χ0) is 20.5. The molecule has 0 radical (unpaired) electrons. The molecule has 5 nitrogen and oxygen atoms in total. The molecule has 0 aliphatic carbocycles. The number of aryl methyl sites for hydroxylation is 1. The number of amides is 1. The van der Waals surface area contributed by atoms with Gasteiger partial charge < -0.3 is 9.73 Å². The SMILES string of the molecule is Cc1ccccc1N=C1NC(=O)/C(=C/c2ccc(Sc3nc4ccccc4s3)o2)S1. The van der Waals surface area contributed by atoms with E-state index in [0.29, 0.717) is 15.8 Å². The van der Waals surface area contributed by atoms with Gasteiger partial charge in [-0.2, -0.15) is 0 Å². The molecular weight excluding hydrogens is 434 g/mol. The number of rotatable bonds is 4. The molecule has 1 amide bonds. The number of nitrogens with zero attached hydrogens (tertiary/aromatic N) is 2. The topological polar surface area (TPSA) is 67.5 Å². The third-order valence-corrected chi connectivity index (χ3v) is 7.25. The average Bonchev–Trinajstić information content (AvgIpc) is 3.43. The zero-order valence-corrected chi connectivity index (χ0v) is 18.2. The number of para-hydroxylation sites is 2. The lowest BCUT2D eigenvalue weighted by atomic mass is 10.2. The van der Waals surface area contributed by atoms with Crippen LogP contribution in [0.5, 0.6) is 0 Å². The number of carbonyl (C=O) groups is 1. The smallest absolute Gasteiger partial charge is 0.264 e. The van der Waals surface area contributed by atoms with E-state index in [4.69, 9.17) is 4.42 Å². The molecule has 1 aliphatic rings. The molecule has 0 spiro atoms. The van der Waals surface area contributed by atoms with Crippen LogP contribution in [0.25, 0.3) is 16.3 Å². The van der Waals surface area contributed by atoms with Gasteiger partial charge in [0.1, 0.15) is 5.76 Å². The third-order valence-electron chi connectivity index (χ3n) is 4.33. The van der Waals surface area contributed by atoms with Gasteiger partial charge in [0, 0.05) is 6.08 Å². The van der Waals surface area contributed by atoms with Crippen molar-refractivity contribution in [2.75, 3.05) is 0 Å². The van der Waals surface area contributed by atoms with Crippen LogP contribution < -0.4 is 5.32 Å². The number of aliphatic imine (C=N–C) groups is 1. The maximum Gasteiger partial charge on any atom is 0.264 e. The predicted octanol–water partition coefficient (Wildman–Crippen LogP) is 6.24. The average molecular weight is 450 g/mol. The molecule has 4 aromatic rings. The summed E-state index contributed by atoms with van der Waals surface area (Å²) >= 11 is 4.41. The molecule has 148 valence electrons. The minimum absolute atomic E-state index is 0.177. The molecule has 30 heavy (non-hydrogen) atoms. The Morgan fingerprint density at radius 1 is 1.10 bits per heavy atom. The molecule has 0 bridgehead atoms. The van der Waals surface area contributed by atoms with Crippen molar-refractivity contribution in [1.82, 2.24) is 10.3 Å². The van der Waals surface area contributed by atoms with Crippen molar-refractivity contribution in [3.05, 3.63) is 76.9 Å². The van der Waals surface area contributed by atoms with E-state index in [2.05, 4.69) is 21.4 Å². The zero-order valence-electron chi connectivity index (χ0n) is 15.8. The summed E-state index contributed by atoms with van der Waals surface area (Å²) < 4.78 is 7.95. The molecule has 1 N–H and O–H groups in total. The Bertz CT molecular complexity index is 1290. The number of aromatic nitrogens is 1. The Morgan fingerprint density at radius 3 is 2.80 bits per heavy atom. The highest BCUT2D eigenvalue weighted by Crippen LogP contribution is 2.36. The fourth-order valence-corrected chi connectivity index (χ4v) is 5.64. The third kappa shape index (κ3) is 4.07. The molecule has 0 atom stereocenters. The number of nitrogens with one attached hydrogen (secondary N) is 1. The maximum atomic E-state index is 12.3. The van der Waals surface area contributed by atoms with E-state index in [1.807, 2.05) is 61.5 Å². The molecule has 0 saturated carbocycles. The summed E-state index contributed by atoms with van der Waals surface area (Å²) in [6, 6.07) is 19.6. The van der Waals surface area contributed by atoms with Crippen molar-refractivity contribution in [1.29, 1.82) is 0 Å². The standard InChI is InChI=1S/C22H15N3O2S3/c1-13-6-2-3-7-15(13)23-21-25-20(26)18(28-21)12-14-10-11-19(27-14)30-22-24-16-8-4-5-9-17(16)29-22/h2-12H,1H3,(H,23,25,26)/b18-12-. The van der Waals surface area contributed by atoms with E-state index in [0.717, 1.165) is 30.9 Å². The van der Waals surface area contributed by atoms with Crippen LogP contribution in [0.4, 0.5) is 5.69 Å². The first kappa shape index (κ1) is 19.2. The Labute approximate surface area is 185 Å². The van der Waals surface area contributed by atoms with Gasteiger partial charge in [-0.15, -0.1) is 11.3 Å². The number of fused-ring (bicyclic) bond motifs is 1. The molecule has 2 aromatic heterocycles. The van der Waals surface area contributed by atoms with Gasteiger partial charge >= 0.3 is 0 Å². The Balaban J connectivity index is 1.32. The van der Waals surface area contributed by atoms with Gasteiger partial charge in [-0.1, -0.05) is 30.3 Å². The van der Waals surface area contributed by atoms with Crippen LogP contribution in [0.1, 0.15) is 11.3 Å². The Kier molecular flexibility index (Phi) is 5.20. The first-order chi connectivity index (χ1) is 14.6. The van der Waals surface area contributed by atoms with Crippen LogP contribution in [0.15, 0.2) is 84.4 Å². The molecule has 8 heteroatoms. The fraction of sp³-hybridized carbons (Fsp3) is 0.0455. The van der Waals surface area contributed by atoms with Crippen LogP contribution in [0, 0.1) is 6.92 Å². The van der Waals surface area contributed by atoms with Crippen molar-refractivity contribution < 1.29 is 9.21 Å². The first-order valence-electron chi connectivity index (χ1n) is 9.12. The molecule has 1 aliphatic heterocycles. The number of carbonyl (C=O) groups excluding carboxylic acids is 1. The normalized spacial score (nSPS) is 16.6. The lowest BCUT2D eigenvalue weighted by Gasteiger charge is -1.99. The van der Waals surface area contributed by atoms with E-state index in [1.54, 1.807) is 17.4 Å². The van der Waals surface area contributed by atoms with Crippen LogP contribution >= 0.6 is 34.9 Å². The van der Waals surface area contributed by atoms with E-state index in [9.17, 15) is 4.79 Å². The first-order valence-corrected chi connectivity index (χ1v) is 11.6. The van der Waals surface area contributed by atoms with Crippen LogP contribution in [-0.2, 0) is 4.79 Å². The number of amidine groups is 1. The number of hydrogen-bond acceptors (Lipinski definition) is 7. The van der Waals surface area contributed by atoms with E-state index in [-0.39, 0.29) is 5.91 Å². The summed E-state index contributed by atoms with van der Waals surface area (Å²) in [6.45, 7) is 1.99. The Morgan fingerprint density at radius 2 is 1.93 bits per heavy atom. The summed E-state index contributed by atoms with van der Waals surface area (Å²) in [7, 11) is 0. The molecule has 1 fully saturated rings. The van der Waals surface area contributed by atoms with Crippen LogP contribution in [-0.4, -0.2) is 16.1 Å². The second-order valence-electron chi connectivity index (χ2n) is 6.47. The summed E-state index contributed by atoms with van der Waals surface area (Å²) in [6.07, 6.45) is 1.74. The van der Waals surface area contributed by atoms with Gasteiger partial charge in [0.2, 0.25) is 0 Å². The fourth-order valence-electron chi connectivity index (χ4n) is 2.86. The van der Waals surface area contributed by atoms with E-state index >= 15 is 0 Å². The summed E-state index contributed by atoms with van der Waals surface area (Å²) in [5, 5.41) is 4.11. The summed E-state index contributed by atoms with van der Waals surface area (Å²) in [5.41, 5.74) is 2.88. The van der Waals surface area contributed by atoms with Gasteiger partial charge in [-0.25, -0.2) is 9.98 Å². The van der Waals surface area contributed by atoms with Crippen LogP contribution in [0.2, 0.25) is 0 Å². The summed E-state index contributed by atoms with van der Waals surface area (Å²) in [5.74, 6) is 0.442. The van der Waals surface area contributed by atoms with Crippen molar-refractivity contribution >= 4 is 67.9 Å². The molecule has 3 heterocycles. The van der Waals surface area contributed by atoms with Crippen molar-refractivity contribution in [2.45, 2.75) is 16.4 Å². The highest BCUT2D eigenvalue weighted by molar-refractivity contribution is 8.18. The molecule has 5 rings (SSSR count). The molecular formula is C22H15N3O2S3. The highest BCUT2D eigenvalue weighted by Gasteiger charge is 2.24. The van der Waals surface area contributed by atoms with Gasteiger partial charge in [-0.05, 0) is 66.3 Å². The van der Waals surface area contributed by atoms with Gasteiger partial charge in [0.05, 0.1) is 20.8 Å². The minimum atomic E-state index is -0.177. The quantitative estimate of drug-likeness (QED) is 0.374. The molecule has 2 aromatic carbocycles.